The molecular formula is C14H20N2. The Morgan fingerprint density at radius 3 is 2.88 bits per heavy atom. The van der Waals surface area contributed by atoms with Gasteiger partial charge in [-0.25, -0.2) is 0 Å². The fourth-order valence-corrected chi connectivity index (χ4v) is 2.14. The van der Waals surface area contributed by atoms with Crippen LogP contribution in [0.5, 0.6) is 0 Å². The second kappa shape index (κ2) is 5.17. The summed E-state index contributed by atoms with van der Waals surface area (Å²) in [6, 6.07) is 6.61. The molecule has 0 radical (unpaired) electrons. The maximum atomic E-state index is 5.49. The molecule has 3 N–H and O–H groups in total. The minimum absolute atomic E-state index is 0.813. The summed E-state index contributed by atoms with van der Waals surface area (Å²) in [5, 5.41) is 1.37. The summed E-state index contributed by atoms with van der Waals surface area (Å²) in [7, 11) is 0. The molecule has 0 spiro atoms. The highest BCUT2D eigenvalue weighted by Crippen LogP contribution is 2.21. The minimum Gasteiger partial charge on any atom is -0.361 e. The lowest BCUT2D eigenvalue weighted by Crippen LogP contribution is -1.98. The van der Waals surface area contributed by atoms with Crippen LogP contribution in [-0.4, -0.2) is 11.5 Å². The average molecular weight is 216 g/mol. The van der Waals surface area contributed by atoms with Gasteiger partial charge in [-0.2, -0.15) is 0 Å². The highest BCUT2D eigenvalue weighted by Gasteiger charge is 2.02. The van der Waals surface area contributed by atoms with Gasteiger partial charge in [0.15, 0.2) is 0 Å². The molecular weight excluding hydrogens is 196 g/mol. The maximum Gasteiger partial charge on any atom is 0.0459 e. The van der Waals surface area contributed by atoms with E-state index in [2.05, 4.69) is 36.3 Å². The van der Waals surface area contributed by atoms with Crippen molar-refractivity contribution in [1.29, 1.82) is 0 Å². The van der Waals surface area contributed by atoms with E-state index in [1.165, 1.54) is 34.9 Å². The molecule has 0 amide bonds. The van der Waals surface area contributed by atoms with Crippen LogP contribution in [0.2, 0.25) is 0 Å². The van der Waals surface area contributed by atoms with E-state index in [1.807, 2.05) is 0 Å². The summed E-state index contributed by atoms with van der Waals surface area (Å²) in [4.78, 5) is 3.35. The van der Waals surface area contributed by atoms with Crippen LogP contribution in [0, 0.1) is 6.92 Å². The first-order chi connectivity index (χ1) is 7.81. The number of nitrogens with two attached hydrogens (primary N) is 1. The largest absolute Gasteiger partial charge is 0.361 e. The zero-order valence-corrected chi connectivity index (χ0v) is 9.92. The number of fused-ring (bicyclic) bond motifs is 1. The van der Waals surface area contributed by atoms with E-state index in [4.69, 9.17) is 5.73 Å². The van der Waals surface area contributed by atoms with Crippen LogP contribution >= 0.6 is 0 Å². The molecule has 1 aromatic carbocycles. The van der Waals surface area contributed by atoms with Crippen LogP contribution in [0.25, 0.3) is 10.9 Å². The van der Waals surface area contributed by atoms with Crippen molar-refractivity contribution in [3.63, 3.8) is 0 Å². The number of aromatic nitrogens is 1. The summed E-state index contributed by atoms with van der Waals surface area (Å²) in [6.07, 6.45) is 6.91. The molecule has 1 aromatic heterocycles. The van der Waals surface area contributed by atoms with Crippen LogP contribution in [0.3, 0.4) is 0 Å². The molecule has 2 rings (SSSR count). The molecule has 16 heavy (non-hydrogen) atoms. The van der Waals surface area contributed by atoms with Crippen LogP contribution in [0.15, 0.2) is 24.4 Å². The molecule has 0 saturated heterocycles. The lowest BCUT2D eigenvalue weighted by Gasteiger charge is -1.99. The van der Waals surface area contributed by atoms with Gasteiger partial charge in [-0.15, -0.1) is 0 Å². The number of hydrogen-bond donors (Lipinski definition) is 2. The van der Waals surface area contributed by atoms with Crippen molar-refractivity contribution >= 4 is 10.9 Å². The molecule has 0 atom stereocenters. The van der Waals surface area contributed by atoms with E-state index in [-0.39, 0.29) is 0 Å². The number of benzene rings is 1. The van der Waals surface area contributed by atoms with Gasteiger partial charge in [0, 0.05) is 17.1 Å². The van der Waals surface area contributed by atoms with E-state index in [9.17, 15) is 0 Å². The summed E-state index contributed by atoms with van der Waals surface area (Å²) in [5.41, 5.74) is 9.49. The quantitative estimate of drug-likeness (QED) is 0.741. The lowest BCUT2D eigenvalue weighted by atomic mass is 10.1. The maximum absolute atomic E-state index is 5.49. The minimum atomic E-state index is 0.813. The van der Waals surface area contributed by atoms with Crippen molar-refractivity contribution in [3.05, 3.63) is 35.5 Å². The fourth-order valence-electron chi connectivity index (χ4n) is 2.14. The highest BCUT2D eigenvalue weighted by molar-refractivity contribution is 5.83. The van der Waals surface area contributed by atoms with Crippen molar-refractivity contribution < 1.29 is 0 Å². The molecule has 0 aliphatic carbocycles. The summed E-state index contributed by atoms with van der Waals surface area (Å²) < 4.78 is 0. The van der Waals surface area contributed by atoms with Gasteiger partial charge in [-0.3, -0.25) is 0 Å². The van der Waals surface area contributed by atoms with Gasteiger partial charge in [-0.05, 0) is 49.9 Å². The predicted octanol–water partition coefficient (Wildman–Crippen LogP) is 3.15. The number of unbranched alkanes of at least 4 members (excludes halogenated alkanes) is 2. The Labute approximate surface area is 96.9 Å². The number of aryl methyl sites for hydroxylation is 2. The van der Waals surface area contributed by atoms with E-state index in [0.29, 0.717) is 0 Å². The third-order valence-electron chi connectivity index (χ3n) is 3.07. The molecule has 0 bridgehead atoms. The zero-order valence-electron chi connectivity index (χ0n) is 9.92. The monoisotopic (exact) mass is 216 g/mol. The molecule has 2 aromatic rings. The van der Waals surface area contributed by atoms with Gasteiger partial charge in [0.1, 0.15) is 0 Å². The summed E-state index contributed by atoms with van der Waals surface area (Å²) in [5.74, 6) is 0. The van der Waals surface area contributed by atoms with Gasteiger partial charge in [0.25, 0.3) is 0 Å². The van der Waals surface area contributed by atoms with Gasteiger partial charge in [0.05, 0.1) is 0 Å². The number of aromatic amines is 1. The lowest BCUT2D eigenvalue weighted by molar-refractivity contribution is 0.688. The predicted molar refractivity (Wildman–Crippen MR) is 69.6 cm³/mol. The standard InChI is InChI=1S/C14H20N2/c1-11-6-7-13-12(5-3-2-4-8-15)10-16-14(13)9-11/h6-7,9-10,16H,2-5,8,15H2,1H3. The number of rotatable bonds is 5. The molecule has 86 valence electrons. The third kappa shape index (κ3) is 2.45. The number of H-pyrrole nitrogens is 1. The van der Waals surface area contributed by atoms with Gasteiger partial charge in [-0.1, -0.05) is 18.6 Å². The molecule has 2 nitrogen and oxygen atoms in total. The van der Waals surface area contributed by atoms with Crippen LogP contribution in [-0.2, 0) is 6.42 Å². The fraction of sp³-hybridized carbons (Fsp3) is 0.429. The van der Waals surface area contributed by atoms with Crippen LogP contribution in [0.4, 0.5) is 0 Å². The second-order valence-corrected chi connectivity index (χ2v) is 4.46. The van der Waals surface area contributed by atoms with E-state index < -0.39 is 0 Å². The number of hydrogen-bond acceptors (Lipinski definition) is 1. The van der Waals surface area contributed by atoms with E-state index in [0.717, 1.165) is 19.4 Å². The second-order valence-electron chi connectivity index (χ2n) is 4.46. The first-order valence-electron chi connectivity index (χ1n) is 6.08. The SMILES string of the molecule is Cc1ccc2c(CCCCCN)c[nH]c2c1. The molecule has 0 aliphatic heterocycles. The summed E-state index contributed by atoms with van der Waals surface area (Å²) in [6.45, 7) is 2.94. The van der Waals surface area contributed by atoms with Gasteiger partial charge in [0.2, 0.25) is 0 Å². The molecule has 0 unspecified atom stereocenters. The van der Waals surface area contributed by atoms with Crippen molar-refractivity contribution in [1.82, 2.24) is 4.98 Å². The molecule has 0 aliphatic rings. The smallest absolute Gasteiger partial charge is 0.0459 e. The van der Waals surface area contributed by atoms with E-state index in [1.54, 1.807) is 0 Å². The zero-order chi connectivity index (χ0) is 11.4. The van der Waals surface area contributed by atoms with Gasteiger partial charge >= 0.3 is 0 Å². The Kier molecular flexibility index (Phi) is 3.62. The van der Waals surface area contributed by atoms with E-state index >= 15 is 0 Å². The Morgan fingerprint density at radius 2 is 2.06 bits per heavy atom. The van der Waals surface area contributed by atoms with Crippen molar-refractivity contribution in [2.75, 3.05) is 6.54 Å². The Balaban J connectivity index is 2.07. The van der Waals surface area contributed by atoms with Crippen LogP contribution < -0.4 is 5.73 Å². The highest BCUT2D eigenvalue weighted by atomic mass is 14.7. The normalized spacial score (nSPS) is 11.1. The van der Waals surface area contributed by atoms with Gasteiger partial charge < -0.3 is 10.7 Å². The molecule has 0 fully saturated rings. The third-order valence-corrected chi connectivity index (χ3v) is 3.07. The topological polar surface area (TPSA) is 41.8 Å². The number of nitrogens with one attached hydrogen (secondary N) is 1. The van der Waals surface area contributed by atoms with Crippen molar-refractivity contribution in [3.8, 4) is 0 Å². The first kappa shape index (κ1) is 11.2. The Bertz CT molecular complexity index is 457. The molecule has 1 heterocycles. The summed E-state index contributed by atoms with van der Waals surface area (Å²) >= 11 is 0. The van der Waals surface area contributed by atoms with Crippen LogP contribution in [0.1, 0.15) is 30.4 Å². The average Bonchev–Trinajstić information content (AvgIpc) is 2.67. The van der Waals surface area contributed by atoms with Crippen molar-refractivity contribution in [2.45, 2.75) is 32.6 Å². The first-order valence-corrected chi connectivity index (χ1v) is 6.08. The Morgan fingerprint density at radius 1 is 1.19 bits per heavy atom. The Hall–Kier alpha value is -1.28. The van der Waals surface area contributed by atoms with Crippen molar-refractivity contribution in [2.24, 2.45) is 5.73 Å². The molecule has 0 saturated carbocycles. The molecule has 2 heteroatoms.